The fourth-order valence-electron chi connectivity index (χ4n) is 4.81. The van der Waals surface area contributed by atoms with E-state index >= 15 is 0 Å². The van der Waals surface area contributed by atoms with Gasteiger partial charge in [0.25, 0.3) is 0 Å². The molecule has 5 heteroatoms. The van der Waals surface area contributed by atoms with E-state index in [-0.39, 0.29) is 56.8 Å². The number of hydrogen-bond acceptors (Lipinski definition) is 4. The van der Waals surface area contributed by atoms with Crippen molar-refractivity contribution >= 4 is 17.0 Å². The van der Waals surface area contributed by atoms with E-state index in [1.165, 1.54) is 5.56 Å². The molecular weight excluding hydrogens is 327 g/mol. The van der Waals surface area contributed by atoms with E-state index in [2.05, 4.69) is 13.8 Å². The van der Waals surface area contributed by atoms with Crippen molar-refractivity contribution in [2.45, 2.75) is 58.3 Å². The first-order chi connectivity index (χ1) is 10.6. The summed E-state index contributed by atoms with van der Waals surface area (Å²) in [6.45, 7) is 10.3. The molecule has 0 radical (unpaired) electrons. The largest absolute Gasteiger partial charge is 1.00 e. The molecule has 2 unspecified atom stereocenters. The molecule has 0 spiro atoms. The minimum Gasteiger partial charge on any atom is -0.549 e. The van der Waals surface area contributed by atoms with E-state index in [0.717, 1.165) is 28.7 Å². The Labute approximate surface area is 184 Å². The monoisotopic (exact) mass is 348 g/mol. The maximum atomic E-state index is 12.2. The van der Waals surface area contributed by atoms with E-state index < -0.39 is 16.8 Å². The standard InChI is InChI=1S/C19H22N2O2.K/c1-10-8-12-13(9-11(10)2)21-15-14(20-12)18(5)6-7-19(15,16(22)23)17(18,3)4;/h8-9H,6-7H2,1-5H3,(H,22,23);/q;+1/p-1. The maximum Gasteiger partial charge on any atom is 1.00 e. The third-order valence-electron chi connectivity index (χ3n) is 7.00. The Bertz CT molecular complexity index is 893. The fraction of sp³-hybridized carbons (Fsp3) is 0.526. The zero-order chi connectivity index (χ0) is 16.8. The van der Waals surface area contributed by atoms with Crippen molar-refractivity contribution in [2.24, 2.45) is 5.41 Å². The van der Waals surface area contributed by atoms with Gasteiger partial charge in [-0.2, -0.15) is 0 Å². The molecule has 0 saturated heterocycles. The quantitative estimate of drug-likeness (QED) is 0.641. The number of aromatic nitrogens is 2. The van der Waals surface area contributed by atoms with Gasteiger partial charge in [-0.25, -0.2) is 9.97 Å². The van der Waals surface area contributed by atoms with E-state index in [1.54, 1.807) is 0 Å². The molecule has 2 bridgehead atoms. The van der Waals surface area contributed by atoms with Crippen molar-refractivity contribution in [3.63, 3.8) is 0 Å². The molecule has 1 fully saturated rings. The van der Waals surface area contributed by atoms with Crippen molar-refractivity contribution in [3.8, 4) is 0 Å². The van der Waals surface area contributed by atoms with Crippen LogP contribution in [0.3, 0.4) is 0 Å². The average molecular weight is 348 g/mol. The van der Waals surface area contributed by atoms with Crippen LogP contribution in [-0.4, -0.2) is 15.9 Å². The van der Waals surface area contributed by atoms with Crippen molar-refractivity contribution in [1.82, 2.24) is 9.97 Å². The van der Waals surface area contributed by atoms with E-state index in [4.69, 9.17) is 9.97 Å². The van der Waals surface area contributed by atoms with Crippen LogP contribution in [0.2, 0.25) is 0 Å². The minimum absolute atomic E-state index is 0. The van der Waals surface area contributed by atoms with Gasteiger partial charge in [0.1, 0.15) is 0 Å². The van der Waals surface area contributed by atoms with Gasteiger partial charge in [0.05, 0.1) is 33.8 Å². The summed E-state index contributed by atoms with van der Waals surface area (Å²) in [5.74, 6) is -1.01. The number of nitrogens with zero attached hydrogens (tertiary/aromatic N) is 2. The summed E-state index contributed by atoms with van der Waals surface area (Å²) in [5.41, 5.74) is 3.67. The molecule has 2 atom stereocenters. The van der Waals surface area contributed by atoms with E-state index in [9.17, 15) is 9.90 Å². The summed E-state index contributed by atoms with van der Waals surface area (Å²) in [4.78, 5) is 21.9. The Hall–Kier alpha value is -0.334. The number of aliphatic carboxylic acids is 1. The normalized spacial score (nSPS) is 29.4. The smallest absolute Gasteiger partial charge is 0.549 e. The van der Waals surface area contributed by atoms with Crippen LogP contribution in [-0.2, 0) is 15.6 Å². The summed E-state index contributed by atoms with van der Waals surface area (Å²) in [5, 5.41) is 12.2. The van der Waals surface area contributed by atoms with E-state index in [1.807, 2.05) is 32.9 Å². The van der Waals surface area contributed by atoms with Gasteiger partial charge >= 0.3 is 51.4 Å². The van der Waals surface area contributed by atoms with Gasteiger partial charge in [0.2, 0.25) is 0 Å². The van der Waals surface area contributed by atoms with Crippen LogP contribution < -0.4 is 56.5 Å². The van der Waals surface area contributed by atoms with Crippen molar-refractivity contribution in [3.05, 3.63) is 34.6 Å². The molecule has 1 aromatic heterocycles. The first-order valence-electron chi connectivity index (χ1n) is 8.16. The molecule has 0 aliphatic heterocycles. The predicted octanol–water partition coefficient (Wildman–Crippen LogP) is -0.670. The number of benzene rings is 1. The number of fused-ring (bicyclic) bond motifs is 6. The summed E-state index contributed by atoms with van der Waals surface area (Å²) < 4.78 is 0. The first-order valence-corrected chi connectivity index (χ1v) is 8.16. The summed E-state index contributed by atoms with van der Waals surface area (Å²) >= 11 is 0. The maximum absolute atomic E-state index is 12.2. The van der Waals surface area contributed by atoms with E-state index in [0.29, 0.717) is 12.1 Å². The Balaban J connectivity index is 0.00000169. The molecule has 24 heavy (non-hydrogen) atoms. The van der Waals surface area contributed by atoms with Crippen LogP contribution in [0.15, 0.2) is 12.1 Å². The van der Waals surface area contributed by atoms with Crippen molar-refractivity contribution < 1.29 is 61.3 Å². The Morgan fingerprint density at radius 2 is 1.50 bits per heavy atom. The van der Waals surface area contributed by atoms with Crippen LogP contribution in [0.1, 0.15) is 56.1 Å². The summed E-state index contributed by atoms with van der Waals surface area (Å²) in [6.07, 6.45) is 1.39. The summed E-state index contributed by atoms with van der Waals surface area (Å²) in [7, 11) is 0. The van der Waals surface area contributed by atoms with Gasteiger partial charge in [-0.15, -0.1) is 0 Å². The van der Waals surface area contributed by atoms with Crippen molar-refractivity contribution in [2.75, 3.05) is 0 Å². The second-order valence-electron chi connectivity index (χ2n) is 8.00. The van der Waals surface area contributed by atoms with Gasteiger partial charge in [0.15, 0.2) is 0 Å². The second-order valence-corrected chi connectivity index (χ2v) is 8.00. The molecule has 1 saturated carbocycles. The van der Waals surface area contributed by atoms with Crippen LogP contribution in [0, 0.1) is 19.3 Å². The number of rotatable bonds is 1. The Kier molecular flexibility index (Phi) is 4.10. The second kappa shape index (κ2) is 5.33. The molecule has 120 valence electrons. The molecule has 4 rings (SSSR count). The molecule has 2 aliphatic rings. The number of hydrogen-bond donors (Lipinski definition) is 0. The average Bonchev–Trinajstić information content (AvgIpc) is 2.75. The zero-order valence-corrected chi connectivity index (χ0v) is 18.4. The van der Waals surface area contributed by atoms with Gasteiger partial charge in [0, 0.05) is 5.41 Å². The number of carbonyl (C=O) groups excluding carboxylic acids is 1. The van der Waals surface area contributed by atoms with Gasteiger partial charge in [-0.3, -0.25) is 0 Å². The van der Waals surface area contributed by atoms with Crippen LogP contribution in [0.5, 0.6) is 0 Å². The number of carbonyl (C=O) groups is 1. The molecule has 1 heterocycles. The van der Waals surface area contributed by atoms with Gasteiger partial charge in [-0.1, -0.05) is 20.8 Å². The molecule has 2 aliphatic carbocycles. The third kappa shape index (κ3) is 1.85. The predicted molar refractivity (Wildman–Crippen MR) is 86.1 cm³/mol. The van der Waals surface area contributed by atoms with Crippen LogP contribution in [0.25, 0.3) is 11.0 Å². The Morgan fingerprint density at radius 3 is 2.00 bits per heavy atom. The fourth-order valence-corrected chi connectivity index (χ4v) is 4.81. The Morgan fingerprint density at radius 1 is 1.00 bits per heavy atom. The molecule has 1 aromatic carbocycles. The number of carboxylic acid groups (broad SMARTS) is 1. The molecular formula is C19H21KN2O2. The van der Waals surface area contributed by atoms with Gasteiger partial charge in [-0.05, 0) is 55.4 Å². The first kappa shape index (κ1) is 18.5. The van der Waals surface area contributed by atoms with Crippen LogP contribution >= 0.6 is 0 Å². The van der Waals surface area contributed by atoms with Gasteiger partial charge < -0.3 is 9.90 Å². The third-order valence-corrected chi connectivity index (χ3v) is 7.00. The van der Waals surface area contributed by atoms with Crippen molar-refractivity contribution in [1.29, 1.82) is 0 Å². The topological polar surface area (TPSA) is 65.9 Å². The number of carboxylic acids is 1. The molecule has 0 N–H and O–H groups in total. The van der Waals surface area contributed by atoms with Crippen LogP contribution in [0.4, 0.5) is 0 Å². The number of aryl methyl sites for hydroxylation is 2. The molecule has 4 nitrogen and oxygen atoms in total. The summed E-state index contributed by atoms with van der Waals surface area (Å²) in [6, 6.07) is 4.05. The SMILES string of the molecule is Cc1cc2nc3c(nc2cc1C)C1(C(=O)[O-])CCC3(C)C1(C)C.[K+]. The zero-order valence-electron chi connectivity index (χ0n) is 15.3. The molecule has 0 amide bonds. The molecule has 2 aromatic rings. The minimum atomic E-state index is -1.03.